The lowest BCUT2D eigenvalue weighted by molar-refractivity contribution is 0.0741. The molecule has 0 N–H and O–H groups in total. The molecule has 0 aliphatic heterocycles. The van der Waals surface area contributed by atoms with Crippen LogP contribution in [-0.4, -0.2) is 11.0 Å². The first-order chi connectivity index (χ1) is 9.74. The predicted octanol–water partition coefficient (Wildman–Crippen LogP) is 5.08. The Labute approximate surface area is 128 Å². The molecule has 112 valence electrons. The van der Waals surface area contributed by atoms with Crippen molar-refractivity contribution in [3.63, 3.8) is 0 Å². The summed E-state index contributed by atoms with van der Waals surface area (Å²) in [7, 11) is 0. The molecule has 0 aromatic heterocycles. The average Bonchev–Trinajstić information content (AvgIpc) is 3.15. The van der Waals surface area contributed by atoms with Crippen LogP contribution in [0.25, 0.3) is 0 Å². The lowest BCUT2D eigenvalue weighted by Gasteiger charge is -2.43. The maximum atomic E-state index is 2.39. The van der Waals surface area contributed by atoms with Gasteiger partial charge in [-0.15, -0.1) is 0 Å². The molecule has 9 atom stereocenters. The highest BCUT2D eigenvalue weighted by atomic mass is 32.2. The zero-order chi connectivity index (χ0) is 13.4. The molecule has 5 aliphatic rings. The van der Waals surface area contributed by atoms with E-state index in [4.69, 9.17) is 0 Å². The molecule has 0 spiro atoms. The maximum absolute atomic E-state index is 2.39. The fourth-order valence-electron chi connectivity index (χ4n) is 7.76. The van der Waals surface area contributed by atoms with E-state index in [9.17, 15) is 0 Å². The van der Waals surface area contributed by atoms with E-state index in [0.717, 1.165) is 23.0 Å². The summed E-state index contributed by atoms with van der Waals surface area (Å²) < 4.78 is 0. The van der Waals surface area contributed by atoms with Gasteiger partial charge in [-0.2, -0.15) is 11.8 Å². The predicted molar refractivity (Wildman–Crippen MR) is 86.7 cm³/mol. The summed E-state index contributed by atoms with van der Waals surface area (Å²) in [6.07, 6.45) is 9.69. The molecular formula is C19H30S. The zero-order valence-corrected chi connectivity index (χ0v) is 13.9. The van der Waals surface area contributed by atoms with Crippen molar-refractivity contribution in [3.05, 3.63) is 0 Å². The SMILES string of the molecule is CC(C)CSC1CC2CC1C1C3CC(C4CCCC43)C21. The van der Waals surface area contributed by atoms with Gasteiger partial charge < -0.3 is 0 Å². The molecule has 1 heteroatoms. The fourth-order valence-corrected chi connectivity index (χ4v) is 9.32. The fraction of sp³-hybridized carbons (Fsp3) is 1.00. The Morgan fingerprint density at radius 3 is 2.35 bits per heavy atom. The van der Waals surface area contributed by atoms with Crippen LogP contribution in [0.15, 0.2) is 0 Å². The van der Waals surface area contributed by atoms with Crippen molar-refractivity contribution in [2.24, 2.45) is 53.3 Å². The summed E-state index contributed by atoms with van der Waals surface area (Å²) in [5.41, 5.74) is 0. The Morgan fingerprint density at radius 1 is 0.850 bits per heavy atom. The first-order valence-corrected chi connectivity index (χ1v) is 10.4. The van der Waals surface area contributed by atoms with Crippen molar-refractivity contribution >= 4 is 11.8 Å². The lowest BCUT2D eigenvalue weighted by atomic mass is 9.64. The molecular weight excluding hydrogens is 260 g/mol. The molecule has 0 aromatic carbocycles. The van der Waals surface area contributed by atoms with Gasteiger partial charge in [-0.1, -0.05) is 20.3 Å². The second-order valence-electron chi connectivity index (χ2n) is 9.14. The van der Waals surface area contributed by atoms with Gasteiger partial charge in [0.15, 0.2) is 0 Å². The van der Waals surface area contributed by atoms with Crippen molar-refractivity contribution in [2.45, 2.75) is 57.6 Å². The third kappa shape index (κ3) is 1.57. The molecule has 0 nitrogen and oxygen atoms in total. The van der Waals surface area contributed by atoms with E-state index in [2.05, 4.69) is 25.6 Å². The van der Waals surface area contributed by atoms with Crippen LogP contribution in [-0.2, 0) is 0 Å². The minimum Gasteiger partial charge on any atom is -0.158 e. The van der Waals surface area contributed by atoms with E-state index in [0.29, 0.717) is 0 Å². The van der Waals surface area contributed by atoms with Gasteiger partial charge >= 0.3 is 0 Å². The molecule has 0 aromatic rings. The van der Waals surface area contributed by atoms with Crippen LogP contribution in [0.2, 0.25) is 0 Å². The maximum Gasteiger partial charge on any atom is 0.00811 e. The highest BCUT2D eigenvalue weighted by Crippen LogP contribution is 2.73. The lowest BCUT2D eigenvalue weighted by Crippen LogP contribution is -2.39. The molecule has 0 saturated heterocycles. The van der Waals surface area contributed by atoms with Gasteiger partial charge in [0.2, 0.25) is 0 Å². The molecule has 9 unspecified atom stereocenters. The van der Waals surface area contributed by atoms with E-state index in [-0.39, 0.29) is 0 Å². The molecule has 5 rings (SSSR count). The zero-order valence-electron chi connectivity index (χ0n) is 13.1. The summed E-state index contributed by atoms with van der Waals surface area (Å²) in [4.78, 5) is 0. The summed E-state index contributed by atoms with van der Waals surface area (Å²) in [5.74, 6) is 11.8. The van der Waals surface area contributed by atoms with Crippen LogP contribution in [0.3, 0.4) is 0 Å². The van der Waals surface area contributed by atoms with Crippen molar-refractivity contribution in [1.82, 2.24) is 0 Å². The Balaban J connectivity index is 1.36. The summed E-state index contributed by atoms with van der Waals surface area (Å²) in [6, 6.07) is 0. The standard InChI is InChI=1S/C19H30S/c1-10(2)9-20-17-7-11-6-16(17)19-15-8-14(18(11)19)12-4-3-5-13(12)15/h10-19H,3-9H2,1-2H3. The average molecular weight is 291 g/mol. The topological polar surface area (TPSA) is 0 Å². The largest absolute Gasteiger partial charge is 0.158 e. The van der Waals surface area contributed by atoms with Crippen LogP contribution in [0.4, 0.5) is 0 Å². The van der Waals surface area contributed by atoms with E-state index in [1.165, 1.54) is 41.3 Å². The second-order valence-corrected chi connectivity index (χ2v) is 10.4. The van der Waals surface area contributed by atoms with Crippen molar-refractivity contribution < 1.29 is 0 Å². The van der Waals surface area contributed by atoms with Gasteiger partial charge in [0.05, 0.1) is 0 Å². The third-order valence-electron chi connectivity index (χ3n) is 7.97. The summed E-state index contributed by atoms with van der Waals surface area (Å²) in [5, 5.41) is 1.06. The van der Waals surface area contributed by atoms with Crippen LogP contribution in [0.5, 0.6) is 0 Å². The Hall–Kier alpha value is 0.350. The van der Waals surface area contributed by atoms with Gasteiger partial charge in [0, 0.05) is 5.25 Å². The first kappa shape index (κ1) is 12.9. The molecule has 20 heavy (non-hydrogen) atoms. The third-order valence-corrected chi connectivity index (χ3v) is 9.80. The number of thioether (sulfide) groups is 1. The quantitative estimate of drug-likeness (QED) is 0.653. The van der Waals surface area contributed by atoms with Crippen LogP contribution >= 0.6 is 11.8 Å². The second kappa shape index (κ2) is 4.43. The summed E-state index contributed by atoms with van der Waals surface area (Å²) >= 11 is 2.36. The minimum absolute atomic E-state index is 0.883. The molecule has 0 amide bonds. The molecule has 5 saturated carbocycles. The number of hydrogen-bond acceptors (Lipinski definition) is 1. The van der Waals surface area contributed by atoms with E-state index < -0.39 is 0 Å². The summed E-state index contributed by atoms with van der Waals surface area (Å²) in [6.45, 7) is 4.79. The molecule has 4 bridgehead atoms. The Morgan fingerprint density at radius 2 is 1.60 bits per heavy atom. The van der Waals surface area contributed by atoms with Crippen molar-refractivity contribution in [1.29, 1.82) is 0 Å². The van der Waals surface area contributed by atoms with Crippen LogP contribution in [0, 0.1) is 53.3 Å². The number of fused-ring (bicyclic) bond motifs is 12. The Bertz CT molecular complexity index is 403. The number of hydrogen-bond donors (Lipinski definition) is 0. The van der Waals surface area contributed by atoms with Gasteiger partial charge in [-0.25, -0.2) is 0 Å². The van der Waals surface area contributed by atoms with E-state index >= 15 is 0 Å². The van der Waals surface area contributed by atoms with E-state index in [1.807, 2.05) is 0 Å². The highest BCUT2D eigenvalue weighted by molar-refractivity contribution is 7.99. The highest BCUT2D eigenvalue weighted by Gasteiger charge is 2.67. The van der Waals surface area contributed by atoms with Gasteiger partial charge in [0.25, 0.3) is 0 Å². The van der Waals surface area contributed by atoms with Crippen molar-refractivity contribution in [2.75, 3.05) is 5.75 Å². The Kier molecular flexibility index (Phi) is 2.85. The molecule has 0 heterocycles. The molecule has 5 aliphatic carbocycles. The van der Waals surface area contributed by atoms with E-state index in [1.54, 1.807) is 38.5 Å². The normalized spacial score (nSPS) is 58.6. The molecule has 0 radical (unpaired) electrons. The van der Waals surface area contributed by atoms with Gasteiger partial charge in [-0.3, -0.25) is 0 Å². The smallest absolute Gasteiger partial charge is 0.00811 e. The van der Waals surface area contributed by atoms with Gasteiger partial charge in [-0.05, 0) is 91.1 Å². The first-order valence-electron chi connectivity index (χ1n) is 9.35. The number of rotatable bonds is 3. The monoisotopic (exact) mass is 290 g/mol. The van der Waals surface area contributed by atoms with Crippen molar-refractivity contribution in [3.8, 4) is 0 Å². The molecule has 5 fully saturated rings. The van der Waals surface area contributed by atoms with Gasteiger partial charge in [0.1, 0.15) is 0 Å². The minimum atomic E-state index is 0.883. The van der Waals surface area contributed by atoms with Crippen LogP contribution in [0.1, 0.15) is 52.4 Å². The van der Waals surface area contributed by atoms with Crippen LogP contribution < -0.4 is 0 Å².